The van der Waals surface area contributed by atoms with Gasteiger partial charge in [-0.15, -0.1) is 0 Å². The molecule has 0 unspecified atom stereocenters. The van der Waals surface area contributed by atoms with Crippen molar-refractivity contribution >= 4 is 68.7 Å². The predicted octanol–water partition coefficient (Wildman–Crippen LogP) is 7.20. The molecule has 4 aromatic rings. The number of amides is 1. The van der Waals surface area contributed by atoms with Crippen LogP contribution in [0.25, 0.3) is 17.0 Å². The van der Waals surface area contributed by atoms with E-state index in [9.17, 15) is 4.79 Å². The number of aromatic nitrogens is 1. The minimum Gasteiger partial charge on any atom is -0.342 e. The Bertz CT molecular complexity index is 1440. The van der Waals surface area contributed by atoms with Crippen LogP contribution in [-0.4, -0.2) is 15.6 Å². The van der Waals surface area contributed by atoms with E-state index in [1.165, 1.54) is 17.3 Å². The van der Waals surface area contributed by atoms with E-state index in [-0.39, 0.29) is 5.91 Å². The molecule has 0 bridgehead atoms. The fourth-order valence-corrected chi connectivity index (χ4v) is 5.01. The van der Waals surface area contributed by atoms with Crippen molar-refractivity contribution in [1.29, 1.82) is 0 Å². The Labute approximate surface area is 205 Å². The number of para-hydroxylation sites is 1. The second kappa shape index (κ2) is 9.10. The highest BCUT2D eigenvalue weighted by Crippen LogP contribution is 2.32. The Morgan fingerprint density at radius 3 is 2.64 bits per heavy atom. The average molecular weight is 492 g/mol. The zero-order valence-electron chi connectivity index (χ0n) is 17.7. The maximum absolute atomic E-state index is 12.6. The van der Waals surface area contributed by atoms with Crippen molar-refractivity contribution in [1.82, 2.24) is 9.88 Å². The van der Waals surface area contributed by atoms with E-state index >= 15 is 0 Å². The Kier molecular flexibility index (Phi) is 6.02. The van der Waals surface area contributed by atoms with Crippen LogP contribution in [-0.2, 0) is 11.3 Å². The third kappa shape index (κ3) is 4.71. The van der Waals surface area contributed by atoms with Crippen molar-refractivity contribution in [3.05, 3.63) is 105 Å². The summed E-state index contributed by atoms with van der Waals surface area (Å²) in [5, 5.41) is 5.74. The van der Waals surface area contributed by atoms with Crippen molar-refractivity contribution in [2.45, 2.75) is 13.5 Å². The van der Waals surface area contributed by atoms with E-state index in [4.69, 9.17) is 23.2 Å². The Morgan fingerprint density at radius 1 is 1.06 bits per heavy atom. The van der Waals surface area contributed by atoms with Crippen LogP contribution in [0, 0.1) is 6.92 Å². The molecule has 5 rings (SSSR count). The first kappa shape index (κ1) is 21.8. The molecule has 0 spiro atoms. The largest absolute Gasteiger partial charge is 0.342 e. The van der Waals surface area contributed by atoms with E-state index in [1.807, 2.05) is 67.7 Å². The highest BCUT2D eigenvalue weighted by Gasteiger charge is 2.24. The van der Waals surface area contributed by atoms with Crippen LogP contribution in [0.3, 0.4) is 0 Å². The van der Waals surface area contributed by atoms with Gasteiger partial charge in [0.15, 0.2) is 5.17 Å². The number of nitrogens with zero attached hydrogens (tertiary/aromatic N) is 2. The number of nitrogens with one attached hydrogen (secondary N) is 1. The maximum atomic E-state index is 12.6. The van der Waals surface area contributed by atoms with Gasteiger partial charge in [0.25, 0.3) is 5.91 Å². The maximum Gasteiger partial charge on any atom is 0.264 e. The highest BCUT2D eigenvalue weighted by atomic mass is 35.5. The van der Waals surface area contributed by atoms with E-state index < -0.39 is 0 Å². The quantitative estimate of drug-likeness (QED) is 0.307. The summed E-state index contributed by atoms with van der Waals surface area (Å²) in [5.41, 5.74) is 4.97. The number of carbonyl (C=O) groups excluding carboxylic acids is 1. The van der Waals surface area contributed by atoms with Crippen molar-refractivity contribution in [2.24, 2.45) is 4.99 Å². The van der Waals surface area contributed by atoms with Crippen molar-refractivity contribution < 1.29 is 4.79 Å². The summed E-state index contributed by atoms with van der Waals surface area (Å²) in [5.74, 6) is -0.150. The monoisotopic (exact) mass is 491 g/mol. The summed E-state index contributed by atoms with van der Waals surface area (Å²) in [6.07, 6.45) is 3.96. The molecule has 1 aromatic heterocycles. The number of aryl methyl sites for hydroxylation is 1. The zero-order valence-corrected chi connectivity index (χ0v) is 20.0. The summed E-state index contributed by atoms with van der Waals surface area (Å²) in [7, 11) is 0. The first-order valence-electron chi connectivity index (χ1n) is 10.3. The normalized spacial score (nSPS) is 16.2. The molecule has 3 aromatic carbocycles. The zero-order chi connectivity index (χ0) is 22.9. The van der Waals surface area contributed by atoms with Crippen LogP contribution in [0.2, 0.25) is 10.0 Å². The lowest BCUT2D eigenvalue weighted by molar-refractivity contribution is -0.115. The molecule has 2 heterocycles. The molecule has 0 aliphatic carbocycles. The fraction of sp³-hybridized carbons (Fsp3) is 0.0769. The molecule has 1 fully saturated rings. The molecule has 0 radical (unpaired) electrons. The number of halogens is 2. The number of hydrogen-bond donors (Lipinski definition) is 1. The molecule has 1 N–H and O–H groups in total. The second-order valence-electron chi connectivity index (χ2n) is 7.78. The van der Waals surface area contributed by atoms with E-state index in [0.717, 1.165) is 27.7 Å². The van der Waals surface area contributed by atoms with Gasteiger partial charge in [-0.2, -0.15) is 0 Å². The van der Waals surface area contributed by atoms with E-state index in [0.29, 0.717) is 26.7 Å². The minimum absolute atomic E-state index is 0.150. The lowest BCUT2D eigenvalue weighted by Gasteiger charge is -2.08. The first-order valence-corrected chi connectivity index (χ1v) is 11.9. The molecule has 1 amide bonds. The van der Waals surface area contributed by atoms with Crippen LogP contribution in [0.15, 0.2) is 82.8 Å². The van der Waals surface area contributed by atoms with Gasteiger partial charge in [-0.1, -0.05) is 65.2 Å². The highest BCUT2D eigenvalue weighted by molar-refractivity contribution is 8.18. The SMILES string of the molecule is Cc1ccc(N=C2NC(=O)/C(=C\c3cn(Cc4ccc(Cl)cc4Cl)c4ccccc34)S2)cc1. The van der Waals surface area contributed by atoms with Gasteiger partial charge in [-0.3, -0.25) is 4.79 Å². The Balaban J connectivity index is 1.47. The molecule has 33 heavy (non-hydrogen) atoms. The molecular formula is C26H19Cl2N3OS. The predicted molar refractivity (Wildman–Crippen MR) is 139 cm³/mol. The van der Waals surface area contributed by atoms with Gasteiger partial charge < -0.3 is 9.88 Å². The minimum atomic E-state index is -0.150. The second-order valence-corrected chi connectivity index (χ2v) is 9.66. The summed E-state index contributed by atoms with van der Waals surface area (Å²) in [4.78, 5) is 17.8. The van der Waals surface area contributed by atoms with Crippen LogP contribution < -0.4 is 5.32 Å². The Morgan fingerprint density at radius 2 is 1.85 bits per heavy atom. The molecule has 0 atom stereocenters. The van der Waals surface area contributed by atoms with Gasteiger partial charge in [-0.05, 0) is 60.7 Å². The number of thioether (sulfide) groups is 1. The lowest BCUT2D eigenvalue weighted by atomic mass is 10.1. The third-order valence-electron chi connectivity index (χ3n) is 5.38. The molecule has 164 valence electrons. The van der Waals surface area contributed by atoms with Gasteiger partial charge >= 0.3 is 0 Å². The molecule has 1 aliphatic rings. The number of benzene rings is 3. The van der Waals surface area contributed by atoms with Gasteiger partial charge in [0.05, 0.1) is 10.6 Å². The molecule has 1 saturated heterocycles. The van der Waals surface area contributed by atoms with Crippen molar-refractivity contribution in [3.8, 4) is 0 Å². The number of fused-ring (bicyclic) bond motifs is 1. The van der Waals surface area contributed by atoms with Crippen LogP contribution in [0.5, 0.6) is 0 Å². The Hall–Kier alpha value is -2.99. The summed E-state index contributed by atoms with van der Waals surface area (Å²) >= 11 is 13.8. The summed E-state index contributed by atoms with van der Waals surface area (Å²) in [6, 6.07) is 21.5. The summed E-state index contributed by atoms with van der Waals surface area (Å²) in [6.45, 7) is 2.63. The molecular weight excluding hydrogens is 473 g/mol. The standard InChI is InChI=1S/C26H19Cl2N3OS/c1-16-6-10-20(11-7-16)29-26-30-25(32)24(33-26)12-18-15-31(23-5-3-2-4-21(18)23)14-17-8-9-19(27)13-22(17)28/h2-13,15H,14H2,1H3,(H,29,30,32)/b24-12+. The number of rotatable bonds is 4. The lowest BCUT2D eigenvalue weighted by Crippen LogP contribution is -2.19. The summed E-state index contributed by atoms with van der Waals surface area (Å²) < 4.78 is 2.13. The number of aliphatic imine (C=N–C) groups is 1. The topological polar surface area (TPSA) is 46.4 Å². The van der Waals surface area contributed by atoms with E-state index in [1.54, 1.807) is 6.07 Å². The first-order chi connectivity index (χ1) is 16.0. The van der Waals surface area contributed by atoms with Gasteiger partial charge in [-0.25, -0.2) is 4.99 Å². The van der Waals surface area contributed by atoms with Gasteiger partial charge in [0.1, 0.15) is 0 Å². The van der Waals surface area contributed by atoms with Crippen LogP contribution in [0.1, 0.15) is 16.7 Å². The van der Waals surface area contributed by atoms with Crippen molar-refractivity contribution in [2.75, 3.05) is 0 Å². The number of hydrogen-bond acceptors (Lipinski definition) is 3. The van der Waals surface area contributed by atoms with Crippen LogP contribution >= 0.6 is 35.0 Å². The third-order valence-corrected chi connectivity index (χ3v) is 6.87. The molecule has 4 nitrogen and oxygen atoms in total. The van der Waals surface area contributed by atoms with Crippen molar-refractivity contribution in [3.63, 3.8) is 0 Å². The van der Waals surface area contributed by atoms with Crippen LogP contribution in [0.4, 0.5) is 5.69 Å². The van der Waals surface area contributed by atoms with E-state index in [2.05, 4.69) is 27.0 Å². The van der Waals surface area contributed by atoms with Gasteiger partial charge in [0, 0.05) is 39.3 Å². The fourth-order valence-electron chi connectivity index (χ4n) is 3.71. The molecule has 7 heteroatoms. The average Bonchev–Trinajstić information content (AvgIpc) is 3.32. The van der Waals surface area contributed by atoms with Gasteiger partial charge in [0.2, 0.25) is 0 Å². The smallest absolute Gasteiger partial charge is 0.264 e. The number of amidine groups is 1. The molecule has 0 saturated carbocycles. The molecule has 1 aliphatic heterocycles. The number of carbonyl (C=O) groups is 1.